The van der Waals surface area contributed by atoms with Gasteiger partial charge >= 0.3 is 0 Å². The highest BCUT2D eigenvalue weighted by Gasteiger charge is 2.35. The lowest BCUT2D eigenvalue weighted by atomic mass is 10.2. The number of carbonyl (C=O) groups excluding carboxylic acids is 1. The van der Waals surface area contributed by atoms with Crippen LogP contribution >= 0.6 is 22.9 Å². The van der Waals surface area contributed by atoms with Gasteiger partial charge in [0.2, 0.25) is 5.91 Å². The second-order valence-corrected chi connectivity index (χ2v) is 11.2. The van der Waals surface area contributed by atoms with Crippen molar-refractivity contribution >= 4 is 44.6 Å². The second kappa shape index (κ2) is 8.29. The number of aromatic nitrogens is 2. The summed E-state index contributed by atoms with van der Waals surface area (Å²) in [6.07, 6.45) is 0.678. The Balaban J connectivity index is 1.57. The number of nitrogens with zero attached hydrogens (tertiary/aromatic N) is 4. The standard InChI is InChI=1S/C21H23ClN4O3S2/c1-14-21(31(28,29)26-11-10-16-6-4-5-7-18(16)26)15(2)25(23-14)13-20(27)24(3)12-17-8-9-19(22)30-17/h4-9H,10-13H2,1-3H3. The first-order valence-electron chi connectivity index (χ1n) is 9.81. The Morgan fingerprint density at radius 1 is 1.23 bits per heavy atom. The van der Waals surface area contributed by atoms with Crippen LogP contribution in [0, 0.1) is 13.8 Å². The summed E-state index contributed by atoms with van der Waals surface area (Å²) >= 11 is 7.39. The van der Waals surface area contributed by atoms with Crippen LogP contribution in [-0.2, 0) is 34.3 Å². The molecule has 0 saturated carbocycles. The van der Waals surface area contributed by atoms with Gasteiger partial charge in [0.15, 0.2) is 0 Å². The molecular formula is C21H23ClN4O3S2. The molecule has 0 saturated heterocycles. The number of hydrogen-bond donors (Lipinski definition) is 0. The van der Waals surface area contributed by atoms with Crippen molar-refractivity contribution in [2.24, 2.45) is 0 Å². The van der Waals surface area contributed by atoms with Gasteiger partial charge in [0.25, 0.3) is 10.0 Å². The van der Waals surface area contributed by atoms with Crippen molar-refractivity contribution in [3.8, 4) is 0 Å². The number of halogens is 1. The summed E-state index contributed by atoms with van der Waals surface area (Å²) in [5, 5.41) is 4.38. The Morgan fingerprint density at radius 3 is 2.68 bits per heavy atom. The molecule has 164 valence electrons. The number of carbonyl (C=O) groups is 1. The molecule has 1 aromatic carbocycles. The topological polar surface area (TPSA) is 75.5 Å². The number of para-hydroxylation sites is 1. The number of rotatable bonds is 6. The predicted octanol–water partition coefficient (Wildman–Crippen LogP) is 3.62. The van der Waals surface area contributed by atoms with Crippen LogP contribution in [0.5, 0.6) is 0 Å². The number of amides is 1. The summed E-state index contributed by atoms with van der Waals surface area (Å²) in [5.74, 6) is -0.161. The van der Waals surface area contributed by atoms with Crippen LogP contribution in [-0.4, -0.2) is 42.6 Å². The number of anilines is 1. The van der Waals surface area contributed by atoms with Gasteiger partial charge in [-0.25, -0.2) is 8.42 Å². The molecular weight excluding hydrogens is 456 g/mol. The van der Waals surface area contributed by atoms with E-state index in [1.54, 1.807) is 31.9 Å². The number of likely N-dealkylation sites (N-methyl/N-ethyl adjacent to an activating group) is 1. The fraction of sp³-hybridized carbons (Fsp3) is 0.333. The van der Waals surface area contributed by atoms with Gasteiger partial charge in [-0.3, -0.25) is 13.8 Å². The van der Waals surface area contributed by atoms with E-state index in [0.717, 1.165) is 10.4 Å². The monoisotopic (exact) mass is 478 g/mol. The lowest BCUT2D eigenvalue weighted by Gasteiger charge is -2.20. The fourth-order valence-corrected chi connectivity index (χ4v) is 6.91. The molecule has 3 heterocycles. The van der Waals surface area contributed by atoms with E-state index in [1.807, 2.05) is 30.3 Å². The van der Waals surface area contributed by atoms with Gasteiger partial charge in [-0.05, 0) is 44.0 Å². The third kappa shape index (κ3) is 4.09. The molecule has 7 nitrogen and oxygen atoms in total. The zero-order chi connectivity index (χ0) is 22.3. The molecule has 0 atom stereocenters. The Bertz CT molecular complexity index is 1250. The van der Waals surface area contributed by atoms with Crippen LogP contribution in [0.4, 0.5) is 5.69 Å². The summed E-state index contributed by atoms with van der Waals surface area (Å²) in [5.41, 5.74) is 2.57. The molecule has 4 rings (SSSR count). The zero-order valence-corrected chi connectivity index (χ0v) is 19.9. The van der Waals surface area contributed by atoms with Crippen LogP contribution in [0.25, 0.3) is 0 Å². The third-order valence-electron chi connectivity index (χ3n) is 5.44. The zero-order valence-electron chi connectivity index (χ0n) is 17.5. The average molecular weight is 479 g/mol. The number of aryl methyl sites for hydroxylation is 1. The SMILES string of the molecule is Cc1nn(CC(=O)N(C)Cc2ccc(Cl)s2)c(C)c1S(=O)(=O)N1CCc2ccccc21. The summed E-state index contributed by atoms with van der Waals surface area (Å²) < 4.78 is 30.6. The molecule has 2 aromatic heterocycles. The average Bonchev–Trinajstić information content (AvgIpc) is 3.39. The number of hydrogen-bond acceptors (Lipinski definition) is 5. The molecule has 0 spiro atoms. The molecule has 31 heavy (non-hydrogen) atoms. The van der Waals surface area contributed by atoms with E-state index in [4.69, 9.17) is 11.6 Å². The molecule has 1 aliphatic heterocycles. The van der Waals surface area contributed by atoms with E-state index in [2.05, 4.69) is 5.10 Å². The van der Waals surface area contributed by atoms with Crippen molar-refractivity contribution in [2.75, 3.05) is 17.9 Å². The molecule has 1 amide bonds. The van der Waals surface area contributed by atoms with E-state index in [0.29, 0.717) is 40.9 Å². The van der Waals surface area contributed by atoms with Crippen molar-refractivity contribution in [3.05, 3.63) is 62.6 Å². The maximum absolute atomic E-state index is 13.5. The van der Waals surface area contributed by atoms with E-state index >= 15 is 0 Å². The van der Waals surface area contributed by atoms with Crippen molar-refractivity contribution in [1.29, 1.82) is 0 Å². The minimum Gasteiger partial charge on any atom is -0.339 e. The van der Waals surface area contributed by atoms with E-state index in [-0.39, 0.29) is 17.3 Å². The number of benzene rings is 1. The molecule has 3 aromatic rings. The van der Waals surface area contributed by atoms with Gasteiger partial charge in [0, 0.05) is 18.5 Å². The summed E-state index contributed by atoms with van der Waals surface area (Å²) in [4.78, 5) is 15.5. The molecule has 10 heteroatoms. The Hall–Kier alpha value is -2.36. The van der Waals surface area contributed by atoms with E-state index in [1.165, 1.54) is 20.3 Å². The van der Waals surface area contributed by atoms with Crippen molar-refractivity contribution in [2.45, 2.75) is 38.3 Å². The first kappa shape index (κ1) is 21.9. The molecule has 0 N–H and O–H groups in total. The van der Waals surface area contributed by atoms with Crippen molar-refractivity contribution in [3.63, 3.8) is 0 Å². The lowest BCUT2D eigenvalue weighted by Crippen LogP contribution is -2.31. The smallest absolute Gasteiger partial charge is 0.268 e. The summed E-state index contributed by atoms with van der Waals surface area (Å²) in [7, 11) is -2.07. The minimum absolute atomic E-state index is 0.0333. The lowest BCUT2D eigenvalue weighted by molar-refractivity contribution is -0.131. The van der Waals surface area contributed by atoms with Crippen LogP contribution in [0.1, 0.15) is 21.8 Å². The van der Waals surface area contributed by atoms with Crippen LogP contribution in [0.15, 0.2) is 41.3 Å². The minimum atomic E-state index is -3.78. The summed E-state index contributed by atoms with van der Waals surface area (Å²) in [6, 6.07) is 11.2. The summed E-state index contributed by atoms with van der Waals surface area (Å²) in [6.45, 7) is 4.16. The number of fused-ring (bicyclic) bond motifs is 1. The van der Waals surface area contributed by atoms with Crippen molar-refractivity contribution in [1.82, 2.24) is 14.7 Å². The normalized spacial score (nSPS) is 13.5. The first-order chi connectivity index (χ1) is 14.7. The molecule has 1 aliphatic rings. The van der Waals surface area contributed by atoms with Crippen LogP contribution < -0.4 is 4.31 Å². The van der Waals surface area contributed by atoms with Crippen LogP contribution in [0.2, 0.25) is 4.34 Å². The molecule has 0 radical (unpaired) electrons. The van der Waals surface area contributed by atoms with E-state index < -0.39 is 10.0 Å². The maximum atomic E-state index is 13.5. The van der Waals surface area contributed by atoms with Crippen LogP contribution in [0.3, 0.4) is 0 Å². The van der Waals surface area contributed by atoms with E-state index in [9.17, 15) is 13.2 Å². The molecule has 0 bridgehead atoms. The van der Waals surface area contributed by atoms with Crippen molar-refractivity contribution < 1.29 is 13.2 Å². The van der Waals surface area contributed by atoms with Gasteiger partial charge in [0.1, 0.15) is 11.4 Å². The highest BCUT2D eigenvalue weighted by molar-refractivity contribution is 7.93. The Morgan fingerprint density at radius 2 is 1.97 bits per heavy atom. The Kier molecular flexibility index (Phi) is 5.85. The van der Waals surface area contributed by atoms with Gasteiger partial charge in [0.05, 0.1) is 28.0 Å². The highest BCUT2D eigenvalue weighted by Crippen LogP contribution is 2.34. The van der Waals surface area contributed by atoms with Gasteiger partial charge in [-0.2, -0.15) is 5.10 Å². The van der Waals surface area contributed by atoms with Gasteiger partial charge < -0.3 is 4.90 Å². The third-order valence-corrected chi connectivity index (χ3v) is 8.72. The number of sulfonamides is 1. The largest absolute Gasteiger partial charge is 0.339 e. The second-order valence-electron chi connectivity index (χ2n) is 7.57. The number of thiophene rings is 1. The highest BCUT2D eigenvalue weighted by atomic mass is 35.5. The van der Waals surface area contributed by atoms with Gasteiger partial charge in [-0.1, -0.05) is 29.8 Å². The molecule has 0 fully saturated rings. The quantitative estimate of drug-likeness (QED) is 0.542. The molecule has 0 aliphatic carbocycles. The fourth-order valence-electron chi connectivity index (χ4n) is 3.88. The first-order valence-corrected chi connectivity index (χ1v) is 12.4. The molecule has 0 unspecified atom stereocenters. The van der Waals surface area contributed by atoms with Gasteiger partial charge in [-0.15, -0.1) is 11.3 Å². The Labute approximate surface area is 190 Å². The predicted molar refractivity (Wildman–Crippen MR) is 122 cm³/mol. The maximum Gasteiger partial charge on any atom is 0.268 e.